The maximum Gasteiger partial charge on any atom is 0.253 e. The molecular formula is C14H19NOSi. The number of allylic oxidation sites excluding steroid dienone is 6. The van der Waals surface area contributed by atoms with Crippen LogP contribution in [0.15, 0.2) is 48.1 Å². The summed E-state index contributed by atoms with van der Waals surface area (Å²) in [6, 6.07) is 2.52. The van der Waals surface area contributed by atoms with Gasteiger partial charge in [0.05, 0.1) is 0 Å². The second-order valence-corrected chi connectivity index (χ2v) is 8.09. The Morgan fingerprint density at radius 2 is 1.76 bits per heavy atom. The van der Waals surface area contributed by atoms with E-state index in [1.807, 2.05) is 47.4 Å². The van der Waals surface area contributed by atoms with Crippen LogP contribution in [-0.2, 0) is 4.79 Å². The predicted molar refractivity (Wildman–Crippen MR) is 74.7 cm³/mol. The predicted octanol–water partition coefficient (Wildman–Crippen LogP) is 2.29. The van der Waals surface area contributed by atoms with Gasteiger partial charge in [0, 0.05) is 27.5 Å². The first kappa shape index (κ1) is 12.1. The second-order valence-electron chi connectivity index (χ2n) is 4.73. The van der Waals surface area contributed by atoms with Crippen molar-refractivity contribution in [2.24, 2.45) is 0 Å². The fraction of sp³-hybridized carbons (Fsp3) is 0.357. The maximum absolute atomic E-state index is 12.3. The van der Waals surface area contributed by atoms with E-state index in [0.717, 1.165) is 18.7 Å². The van der Waals surface area contributed by atoms with Gasteiger partial charge in [-0.1, -0.05) is 36.9 Å². The van der Waals surface area contributed by atoms with Crippen molar-refractivity contribution >= 4 is 14.7 Å². The normalized spacial score (nSPS) is 21.0. The summed E-state index contributed by atoms with van der Waals surface area (Å²) in [6.45, 7) is 4.30. The first-order valence-electron chi connectivity index (χ1n) is 6.28. The molecule has 1 heterocycles. The van der Waals surface area contributed by atoms with Crippen molar-refractivity contribution in [3.8, 4) is 0 Å². The molecule has 1 aliphatic heterocycles. The van der Waals surface area contributed by atoms with Gasteiger partial charge in [-0.3, -0.25) is 4.79 Å². The summed E-state index contributed by atoms with van der Waals surface area (Å²) in [7, 11) is -0.489. The van der Waals surface area contributed by atoms with Gasteiger partial charge in [0.15, 0.2) is 0 Å². The Morgan fingerprint density at radius 3 is 2.53 bits per heavy atom. The molecule has 1 aliphatic carbocycles. The van der Waals surface area contributed by atoms with Crippen LogP contribution in [0, 0.1) is 0 Å². The molecule has 0 N–H and O–H groups in total. The smallest absolute Gasteiger partial charge is 0.253 e. The van der Waals surface area contributed by atoms with Crippen molar-refractivity contribution in [3.05, 3.63) is 48.1 Å². The molecule has 2 aliphatic rings. The molecule has 1 amide bonds. The van der Waals surface area contributed by atoms with Gasteiger partial charge in [-0.2, -0.15) is 0 Å². The Bertz CT molecular complexity index is 398. The lowest BCUT2D eigenvalue weighted by molar-refractivity contribution is -0.126. The van der Waals surface area contributed by atoms with Crippen LogP contribution < -0.4 is 0 Å². The Hall–Kier alpha value is -1.35. The van der Waals surface area contributed by atoms with Crippen LogP contribution in [-0.4, -0.2) is 32.7 Å². The molecule has 0 aromatic carbocycles. The van der Waals surface area contributed by atoms with E-state index >= 15 is 0 Å². The van der Waals surface area contributed by atoms with Crippen molar-refractivity contribution in [3.63, 3.8) is 0 Å². The molecule has 0 aromatic rings. The van der Waals surface area contributed by atoms with E-state index in [9.17, 15) is 4.79 Å². The molecule has 2 rings (SSSR count). The van der Waals surface area contributed by atoms with E-state index in [0.29, 0.717) is 0 Å². The van der Waals surface area contributed by atoms with E-state index in [4.69, 9.17) is 0 Å². The van der Waals surface area contributed by atoms with Crippen LogP contribution in [0.4, 0.5) is 0 Å². The van der Waals surface area contributed by atoms with Crippen molar-refractivity contribution < 1.29 is 4.79 Å². The van der Waals surface area contributed by atoms with Gasteiger partial charge >= 0.3 is 0 Å². The lowest BCUT2D eigenvalue weighted by Crippen LogP contribution is -2.40. The summed E-state index contributed by atoms with van der Waals surface area (Å²) in [5.41, 5.74) is 0.793. The quantitative estimate of drug-likeness (QED) is 0.649. The minimum absolute atomic E-state index is 0.183. The Balaban J connectivity index is 2.04. The summed E-state index contributed by atoms with van der Waals surface area (Å²) in [5.74, 6) is 0.183. The van der Waals surface area contributed by atoms with Crippen LogP contribution in [0.2, 0.25) is 18.6 Å². The Morgan fingerprint density at radius 1 is 1.12 bits per heavy atom. The third kappa shape index (κ3) is 3.30. The van der Waals surface area contributed by atoms with Crippen molar-refractivity contribution in [2.75, 3.05) is 13.1 Å². The van der Waals surface area contributed by atoms with Crippen molar-refractivity contribution in [1.29, 1.82) is 0 Å². The fourth-order valence-corrected chi connectivity index (χ4v) is 3.90. The van der Waals surface area contributed by atoms with Gasteiger partial charge < -0.3 is 4.90 Å². The van der Waals surface area contributed by atoms with E-state index in [1.54, 1.807) is 0 Å². The number of nitrogens with zero attached hydrogens (tertiary/aromatic N) is 1. The molecule has 90 valence electrons. The summed E-state index contributed by atoms with van der Waals surface area (Å²) in [4.78, 5) is 14.3. The topological polar surface area (TPSA) is 20.3 Å². The maximum atomic E-state index is 12.3. The SMILES string of the molecule is C[SiH]1CCN(C(=O)C2=CC=CC=CC=C2)CC1. The monoisotopic (exact) mass is 245 g/mol. The third-order valence-corrected chi connectivity index (χ3v) is 5.80. The summed E-state index contributed by atoms with van der Waals surface area (Å²) in [5, 5.41) is 0. The minimum Gasteiger partial charge on any atom is -0.339 e. The molecule has 17 heavy (non-hydrogen) atoms. The van der Waals surface area contributed by atoms with Gasteiger partial charge in [0.2, 0.25) is 0 Å². The highest BCUT2D eigenvalue weighted by molar-refractivity contribution is 6.57. The van der Waals surface area contributed by atoms with E-state index in [-0.39, 0.29) is 5.91 Å². The van der Waals surface area contributed by atoms with Gasteiger partial charge in [-0.05, 0) is 24.2 Å². The fourth-order valence-electron chi connectivity index (χ4n) is 2.10. The van der Waals surface area contributed by atoms with Crippen molar-refractivity contribution in [1.82, 2.24) is 4.90 Å². The minimum atomic E-state index is -0.489. The Labute approximate surface area is 105 Å². The van der Waals surface area contributed by atoms with Gasteiger partial charge in [0.1, 0.15) is 0 Å². The average Bonchev–Trinajstić information content (AvgIpc) is 2.29. The number of carbonyl (C=O) groups excluding carboxylic acids is 1. The number of amides is 1. The molecule has 1 fully saturated rings. The van der Waals surface area contributed by atoms with Crippen LogP contribution in [0.3, 0.4) is 0 Å². The van der Waals surface area contributed by atoms with Crippen LogP contribution in [0.1, 0.15) is 0 Å². The molecule has 0 radical (unpaired) electrons. The van der Waals surface area contributed by atoms with E-state index in [1.165, 1.54) is 12.1 Å². The largest absolute Gasteiger partial charge is 0.339 e. The van der Waals surface area contributed by atoms with Crippen molar-refractivity contribution in [2.45, 2.75) is 18.6 Å². The zero-order chi connectivity index (χ0) is 12.1. The molecule has 0 unspecified atom stereocenters. The first-order chi connectivity index (χ1) is 8.27. The van der Waals surface area contributed by atoms with E-state index in [2.05, 4.69) is 6.55 Å². The number of hydrogen-bond donors (Lipinski definition) is 0. The molecule has 3 heteroatoms. The molecular weight excluding hydrogens is 226 g/mol. The standard InChI is InChI=1S/C14H19NOSi/c1-17-11-9-15(10-12-17)14(16)13-7-5-3-2-4-6-8-13/h2-8,17H,9-12H2,1H3. The number of hydrogen-bond acceptors (Lipinski definition) is 1. The zero-order valence-electron chi connectivity index (χ0n) is 10.3. The molecule has 0 spiro atoms. The highest BCUT2D eigenvalue weighted by atomic mass is 28.3. The molecule has 0 aromatic heterocycles. The lowest BCUT2D eigenvalue weighted by atomic mass is 10.1. The van der Waals surface area contributed by atoms with E-state index < -0.39 is 8.80 Å². The van der Waals surface area contributed by atoms with Gasteiger partial charge in [0.25, 0.3) is 5.91 Å². The third-order valence-electron chi connectivity index (χ3n) is 3.31. The average molecular weight is 245 g/mol. The van der Waals surface area contributed by atoms with Crippen LogP contribution in [0.5, 0.6) is 0 Å². The first-order valence-corrected chi connectivity index (χ1v) is 9.07. The molecule has 1 saturated heterocycles. The van der Waals surface area contributed by atoms with Gasteiger partial charge in [-0.25, -0.2) is 0 Å². The van der Waals surface area contributed by atoms with Crippen LogP contribution in [0.25, 0.3) is 0 Å². The Kier molecular flexibility index (Phi) is 4.15. The van der Waals surface area contributed by atoms with Crippen LogP contribution >= 0.6 is 0 Å². The number of carbonyl (C=O) groups is 1. The molecule has 0 atom stereocenters. The molecule has 0 saturated carbocycles. The highest BCUT2D eigenvalue weighted by Gasteiger charge is 2.22. The summed E-state index contributed by atoms with van der Waals surface area (Å²) < 4.78 is 0. The summed E-state index contributed by atoms with van der Waals surface area (Å²) in [6.07, 6.45) is 13.5. The zero-order valence-corrected chi connectivity index (χ0v) is 11.5. The highest BCUT2D eigenvalue weighted by Crippen LogP contribution is 2.15. The number of rotatable bonds is 1. The second kappa shape index (κ2) is 5.82. The molecule has 0 bridgehead atoms. The summed E-state index contributed by atoms with van der Waals surface area (Å²) >= 11 is 0. The lowest BCUT2D eigenvalue weighted by Gasteiger charge is -2.30. The van der Waals surface area contributed by atoms with Gasteiger partial charge in [-0.15, -0.1) is 0 Å². The molecule has 2 nitrogen and oxygen atoms in total.